The second-order valence-corrected chi connectivity index (χ2v) is 8.40. The number of esters is 1. The molecule has 0 spiro atoms. The molecule has 4 rings (SSSR count). The average molecular weight is 503 g/mol. The third kappa shape index (κ3) is 6.13. The molecule has 1 saturated heterocycles. The molecule has 0 saturated carbocycles. The van der Waals surface area contributed by atoms with Gasteiger partial charge in [-0.3, -0.25) is 29.3 Å². The van der Waals surface area contributed by atoms with Crippen molar-refractivity contribution in [3.63, 3.8) is 0 Å². The molecule has 3 aromatic rings. The van der Waals surface area contributed by atoms with Crippen molar-refractivity contribution in [2.75, 3.05) is 26.7 Å². The fourth-order valence-corrected chi connectivity index (χ4v) is 4.12. The number of piperazine rings is 1. The number of rotatable bonds is 7. The zero-order chi connectivity index (χ0) is 26.2. The van der Waals surface area contributed by atoms with E-state index >= 15 is 0 Å². The van der Waals surface area contributed by atoms with Crippen LogP contribution in [0.5, 0.6) is 0 Å². The van der Waals surface area contributed by atoms with Crippen LogP contribution in [-0.4, -0.2) is 87.3 Å². The maximum absolute atomic E-state index is 13.6. The third-order valence-electron chi connectivity index (χ3n) is 6.01. The van der Waals surface area contributed by atoms with Crippen LogP contribution in [0.2, 0.25) is 0 Å². The molecule has 1 aliphatic heterocycles. The van der Waals surface area contributed by atoms with Gasteiger partial charge in [-0.2, -0.15) is 0 Å². The smallest absolute Gasteiger partial charge is 0.328 e. The van der Waals surface area contributed by atoms with Crippen molar-refractivity contribution in [2.24, 2.45) is 0 Å². The van der Waals surface area contributed by atoms with Gasteiger partial charge in [0.1, 0.15) is 12.1 Å². The molecule has 3 amide bonds. The Labute approximate surface area is 213 Å². The van der Waals surface area contributed by atoms with E-state index in [1.165, 1.54) is 29.3 Å². The number of nitrogens with zero attached hydrogens (tertiary/aromatic N) is 5. The second-order valence-electron chi connectivity index (χ2n) is 8.40. The highest BCUT2D eigenvalue weighted by Gasteiger charge is 2.39. The first-order chi connectivity index (χ1) is 18.0. The molecule has 0 radical (unpaired) electrons. The summed E-state index contributed by atoms with van der Waals surface area (Å²) in [6.07, 6.45) is 9.32. The Bertz CT molecular complexity index is 1240. The van der Waals surface area contributed by atoms with Gasteiger partial charge in [-0.1, -0.05) is 6.07 Å². The van der Waals surface area contributed by atoms with E-state index in [1.54, 1.807) is 61.2 Å². The monoisotopic (exact) mass is 502 g/mol. The van der Waals surface area contributed by atoms with Gasteiger partial charge in [0.05, 0.1) is 24.8 Å². The van der Waals surface area contributed by atoms with Crippen LogP contribution in [0.1, 0.15) is 26.3 Å². The number of pyridine rings is 3. The summed E-state index contributed by atoms with van der Waals surface area (Å²) in [5, 5.41) is 2.72. The van der Waals surface area contributed by atoms with Gasteiger partial charge in [0.25, 0.3) is 11.8 Å². The van der Waals surface area contributed by atoms with Crippen molar-refractivity contribution < 1.29 is 23.9 Å². The topological polar surface area (TPSA) is 135 Å². The van der Waals surface area contributed by atoms with E-state index in [9.17, 15) is 19.2 Å². The molecule has 190 valence electrons. The van der Waals surface area contributed by atoms with Gasteiger partial charge in [0.15, 0.2) is 0 Å². The Hall–Kier alpha value is -4.67. The first kappa shape index (κ1) is 25.4. The van der Waals surface area contributed by atoms with Gasteiger partial charge >= 0.3 is 5.97 Å². The van der Waals surface area contributed by atoms with Crippen LogP contribution in [0.25, 0.3) is 0 Å². The van der Waals surface area contributed by atoms with Crippen LogP contribution in [-0.2, 0) is 20.7 Å². The van der Waals surface area contributed by atoms with Crippen molar-refractivity contribution in [3.8, 4) is 0 Å². The summed E-state index contributed by atoms with van der Waals surface area (Å²) in [6, 6.07) is 7.97. The Morgan fingerprint density at radius 2 is 1.54 bits per heavy atom. The molecule has 3 aromatic heterocycles. The standard InChI is InChI=1S/C26H26N6O5/c1-37-26(36)21(13-18-5-2-8-27-14-18)30-23(33)22-17-31(24(34)19-6-3-9-28-15-19)11-12-32(22)25(35)20-7-4-10-29-16-20/h2-10,14-16,21-22H,11-13,17H2,1H3,(H,30,33)/t21-,22-/m1/s1. The molecule has 2 atom stereocenters. The average Bonchev–Trinajstić information content (AvgIpc) is 2.96. The Kier molecular flexibility index (Phi) is 8.14. The largest absolute Gasteiger partial charge is 0.467 e. The molecular weight excluding hydrogens is 476 g/mol. The number of carbonyl (C=O) groups is 4. The van der Waals surface area contributed by atoms with Crippen molar-refractivity contribution in [2.45, 2.75) is 18.5 Å². The van der Waals surface area contributed by atoms with Crippen LogP contribution >= 0.6 is 0 Å². The van der Waals surface area contributed by atoms with E-state index in [0.717, 1.165) is 5.56 Å². The summed E-state index contributed by atoms with van der Waals surface area (Å²) in [6.45, 7) is 0.273. The lowest BCUT2D eigenvalue weighted by Gasteiger charge is -2.41. The second kappa shape index (κ2) is 11.8. The van der Waals surface area contributed by atoms with Crippen molar-refractivity contribution in [1.82, 2.24) is 30.1 Å². The summed E-state index contributed by atoms with van der Waals surface area (Å²) in [7, 11) is 1.23. The van der Waals surface area contributed by atoms with Gasteiger partial charge < -0.3 is 19.9 Å². The zero-order valence-corrected chi connectivity index (χ0v) is 20.2. The lowest BCUT2D eigenvalue weighted by molar-refractivity contribution is -0.145. The van der Waals surface area contributed by atoms with Gasteiger partial charge in [-0.15, -0.1) is 0 Å². The molecule has 1 fully saturated rings. The van der Waals surface area contributed by atoms with Gasteiger partial charge in [-0.25, -0.2) is 4.79 Å². The van der Waals surface area contributed by atoms with E-state index in [2.05, 4.69) is 20.3 Å². The predicted octanol–water partition coefficient (Wildman–Crippen LogP) is 0.739. The minimum atomic E-state index is -1.05. The molecule has 11 heteroatoms. The van der Waals surface area contributed by atoms with E-state index in [0.29, 0.717) is 11.1 Å². The highest BCUT2D eigenvalue weighted by Crippen LogP contribution is 2.17. The van der Waals surface area contributed by atoms with Crippen molar-refractivity contribution in [1.29, 1.82) is 0 Å². The van der Waals surface area contributed by atoms with Crippen LogP contribution in [0.15, 0.2) is 73.6 Å². The van der Waals surface area contributed by atoms with Gasteiger partial charge in [-0.05, 0) is 35.9 Å². The first-order valence-corrected chi connectivity index (χ1v) is 11.7. The molecule has 4 heterocycles. The maximum atomic E-state index is 13.6. The maximum Gasteiger partial charge on any atom is 0.328 e. The van der Waals surface area contributed by atoms with E-state index in [1.807, 2.05) is 0 Å². The molecule has 0 bridgehead atoms. The van der Waals surface area contributed by atoms with E-state index in [-0.39, 0.29) is 32.0 Å². The molecule has 0 aromatic carbocycles. The van der Waals surface area contributed by atoms with Gasteiger partial charge in [0, 0.05) is 56.7 Å². The number of hydrogen-bond acceptors (Lipinski definition) is 8. The zero-order valence-electron chi connectivity index (χ0n) is 20.2. The number of carbonyl (C=O) groups excluding carboxylic acids is 4. The van der Waals surface area contributed by atoms with Crippen molar-refractivity contribution >= 4 is 23.7 Å². The summed E-state index contributed by atoms with van der Waals surface area (Å²) in [5.41, 5.74) is 1.41. The molecule has 0 aliphatic carbocycles. The minimum absolute atomic E-state index is 0.0631. The third-order valence-corrected chi connectivity index (χ3v) is 6.01. The Balaban J connectivity index is 1.59. The Morgan fingerprint density at radius 1 is 0.919 bits per heavy atom. The molecule has 11 nitrogen and oxygen atoms in total. The normalized spacial score (nSPS) is 16.0. The molecule has 37 heavy (non-hydrogen) atoms. The molecule has 1 aliphatic rings. The molecule has 0 unspecified atom stereocenters. The highest BCUT2D eigenvalue weighted by atomic mass is 16.5. The number of aromatic nitrogens is 3. The molecule has 1 N–H and O–H groups in total. The summed E-state index contributed by atoms with van der Waals surface area (Å²) < 4.78 is 4.90. The summed E-state index contributed by atoms with van der Waals surface area (Å²) in [4.78, 5) is 67.4. The molecular formula is C26H26N6O5. The quantitative estimate of drug-likeness (QED) is 0.468. The van der Waals surface area contributed by atoms with Gasteiger partial charge in [0.2, 0.25) is 5.91 Å². The number of ether oxygens (including phenoxy) is 1. The fraction of sp³-hybridized carbons (Fsp3) is 0.269. The van der Waals surface area contributed by atoms with E-state index < -0.39 is 29.9 Å². The van der Waals surface area contributed by atoms with Crippen LogP contribution < -0.4 is 5.32 Å². The minimum Gasteiger partial charge on any atom is -0.467 e. The summed E-state index contributed by atoms with van der Waals surface area (Å²) in [5.74, 6) is -1.93. The summed E-state index contributed by atoms with van der Waals surface area (Å²) >= 11 is 0. The van der Waals surface area contributed by atoms with E-state index in [4.69, 9.17) is 4.74 Å². The number of nitrogens with one attached hydrogen (secondary N) is 1. The predicted molar refractivity (Wildman–Crippen MR) is 131 cm³/mol. The van der Waals surface area contributed by atoms with Crippen LogP contribution in [0, 0.1) is 0 Å². The first-order valence-electron chi connectivity index (χ1n) is 11.7. The fourth-order valence-electron chi connectivity index (χ4n) is 4.12. The van der Waals surface area contributed by atoms with Crippen LogP contribution in [0.4, 0.5) is 0 Å². The highest BCUT2D eigenvalue weighted by molar-refractivity contribution is 5.99. The van der Waals surface area contributed by atoms with Crippen molar-refractivity contribution in [3.05, 3.63) is 90.3 Å². The SMILES string of the molecule is COC(=O)[C@@H](Cc1cccnc1)NC(=O)[C@H]1CN(C(=O)c2cccnc2)CCN1C(=O)c1cccnc1. The van der Waals surface area contributed by atoms with Crippen LogP contribution in [0.3, 0.4) is 0 Å². The Morgan fingerprint density at radius 3 is 2.11 bits per heavy atom. The lowest BCUT2D eigenvalue weighted by atomic mass is 10.0. The number of methoxy groups -OCH3 is 1. The number of hydrogen-bond donors (Lipinski definition) is 1. The lowest BCUT2D eigenvalue weighted by Crippen LogP contribution is -2.63. The number of amides is 3.